The third kappa shape index (κ3) is 6.29. The lowest BCUT2D eigenvalue weighted by Gasteiger charge is -2.20. The number of ether oxygens (including phenoxy) is 2. The summed E-state index contributed by atoms with van der Waals surface area (Å²) in [6, 6.07) is 8.67. The van der Waals surface area contributed by atoms with Gasteiger partial charge in [0.1, 0.15) is 12.6 Å². The SMILES string of the molecule is CCCOC(=O)C(NC(=O)OCc1ccccc1)C(C)C. The average molecular weight is 293 g/mol. The molecule has 0 aliphatic heterocycles. The molecule has 116 valence electrons. The van der Waals surface area contributed by atoms with E-state index in [4.69, 9.17) is 9.47 Å². The highest BCUT2D eigenvalue weighted by Crippen LogP contribution is 2.06. The summed E-state index contributed by atoms with van der Waals surface area (Å²) in [6.07, 6.45) is 0.126. The highest BCUT2D eigenvalue weighted by atomic mass is 16.6. The second kappa shape index (κ2) is 9.00. The minimum absolute atomic E-state index is 0.0707. The maximum Gasteiger partial charge on any atom is 0.408 e. The van der Waals surface area contributed by atoms with Crippen molar-refractivity contribution in [1.29, 1.82) is 0 Å². The molecule has 1 aromatic carbocycles. The molecule has 1 amide bonds. The van der Waals surface area contributed by atoms with Crippen LogP contribution in [0.25, 0.3) is 0 Å². The summed E-state index contributed by atoms with van der Waals surface area (Å²) < 4.78 is 10.2. The lowest BCUT2D eigenvalue weighted by molar-refractivity contribution is -0.147. The molecule has 0 saturated carbocycles. The molecule has 0 aliphatic rings. The largest absolute Gasteiger partial charge is 0.464 e. The summed E-state index contributed by atoms with van der Waals surface area (Å²) in [5.41, 5.74) is 0.891. The number of nitrogens with one attached hydrogen (secondary N) is 1. The summed E-state index contributed by atoms with van der Waals surface area (Å²) in [4.78, 5) is 23.6. The molecule has 1 unspecified atom stereocenters. The summed E-state index contributed by atoms with van der Waals surface area (Å²) in [7, 11) is 0. The number of carbonyl (C=O) groups excluding carboxylic acids is 2. The first-order chi connectivity index (χ1) is 10.0. The van der Waals surface area contributed by atoms with E-state index in [2.05, 4.69) is 5.32 Å². The fourth-order valence-corrected chi connectivity index (χ4v) is 1.68. The van der Waals surface area contributed by atoms with Gasteiger partial charge in [0.05, 0.1) is 6.61 Å². The summed E-state index contributed by atoms with van der Waals surface area (Å²) in [5, 5.41) is 2.56. The van der Waals surface area contributed by atoms with Crippen LogP contribution in [0.5, 0.6) is 0 Å². The van der Waals surface area contributed by atoms with Crippen LogP contribution in [0, 0.1) is 5.92 Å². The van der Waals surface area contributed by atoms with Crippen LogP contribution in [-0.4, -0.2) is 24.7 Å². The summed E-state index contributed by atoms with van der Waals surface area (Å²) in [5.74, 6) is -0.498. The number of benzene rings is 1. The maximum atomic E-state index is 11.9. The quantitative estimate of drug-likeness (QED) is 0.785. The Balaban J connectivity index is 2.47. The molecule has 0 radical (unpaired) electrons. The van der Waals surface area contributed by atoms with Gasteiger partial charge in [-0.15, -0.1) is 0 Å². The fourth-order valence-electron chi connectivity index (χ4n) is 1.68. The van der Waals surface area contributed by atoms with Crippen LogP contribution in [0.1, 0.15) is 32.8 Å². The van der Waals surface area contributed by atoms with Crippen LogP contribution in [-0.2, 0) is 20.9 Å². The van der Waals surface area contributed by atoms with Crippen molar-refractivity contribution in [3.8, 4) is 0 Å². The van der Waals surface area contributed by atoms with Crippen LogP contribution in [0.4, 0.5) is 4.79 Å². The number of rotatable bonds is 7. The van der Waals surface area contributed by atoms with Crippen molar-refractivity contribution in [1.82, 2.24) is 5.32 Å². The van der Waals surface area contributed by atoms with Gasteiger partial charge in [-0.05, 0) is 17.9 Å². The highest BCUT2D eigenvalue weighted by Gasteiger charge is 2.26. The van der Waals surface area contributed by atoms with E-state index in [-0.39, 0.29) is 12.5 Å². The van der Waals surface area contributed by atoms with Crippen LogP contribution >= 0.6 is 0 Å². The second-order valence-corrected chi connectivity index (χ2v) is 5.10. The topological polar surface area (TPSA) is 64.6 Å². The molecule has 21 heavy (non-hydrogen) atoms. The molecule has 0 bridgehead atoms. The molecule has 0 aromatic heterocycles. The van der Waals surface area contributed by atoms with Crippen LogP contribution in [0.2, 0.25) is 0 Å². The smallest absolute Gasteiger partial charge is 0.408 e. The van der Waals surface area contributed by atoms with E-state index in [9.17, 15) is 9.59 Å². The summed E-state index contributed by atoms with van der Waals surface area (Å²) >= 11 is 0. The highest BCUT2D eigenvalue weighted by molar-refractivity contribution is 5.81. The van der Waals surface area contributed by atoms with E-state index >= 15 is 0 Å². The minimum Gasteiger partial charge on any atom is -0.464 e. The summed E-state index contributed by atoms with van der Waals surface area (Å²) in [6.45, 7) is 6.12. The number of alkyl carbamates (subject to hydrolysis) is 1. The van der Waals surface area contributed by atoms with Gasteiger partial charge in [0, 0.05) is 0 Å². The third-order valence-corrected chi connectivity index (χ3v) is 2.86. The predicted molar refractivity (Wildman–Crippen MR) is 79.6 cm³/mol. The Morgan fingerprint density at radius 3 is 2.38 bits per heavy atom. The zero-order chi connectivity index (χ0) is 15.7. The maximum absolute atomic E-state index is 11.9. The van der Waals surface area contributed by atoms with Crippen molar-refractivity contribution in [2.45, 2.75) is 39.8 Å². The van der Waals surface area contributed by atoms with Gasteiger partial charge in [-0.3, -0.25) is 0 Å². The number of esters is 1. The zero-order valence-electron chi connectivity index (χ0n) is 12.8. The Bertz CT molecular complexity index is 445. The van der Waals surface area contributed by atoms with Crippen molar-refractivity contribution >= 4 is 12.1 Å². The number of hydrogen-bond donors (Lipinski definition) is 1. The first kappa shape index (κ1) is 17.0. The molecular formula is C16H23NO4. The Hall–Kier alpha value is -2.04. The monoisotopic (exact) mass is 293 g/mol. The Morgan fingerprint density at radius 1 is 1.14 bits per heavy atom. The molecule has 0 fully saturated rings. The molecule has 1 rings (SSSR count). The molecule has 0 saturated heterocycles. The normalized spacial score (nSPS) is 11.8. The van der Waals surface area contributed by atoms with E-state index < -0.39 is 18.1 Å². The number of hydrogen-bond acceptors (Lipinski definition) is 4. The van der Waals surface area contributed by atoms with Crippen LogP contribution in [0.15, 0.2) is 30.3 Å². The average Bonchev–Trinajstić information content (AvgIpc) is 2.49. The standard InChI is InChI=1S/C16H23NO4/c1-4-10-20-15(18)14(12(2)3)17-16(19)21-11-13-8-6-5-7-9-13/h5-9,12,14H,4,10-11H2,1-3H3,(H,17,19). The van der Waals surface area contributed by atoms with E-state index in [0.717, 1.165) is 12.0 Å². The molecule has 0 heterocycles. The van der Waals surface area contributed by atoms with Crippen molar-refractivity contribution in [3.05, 3.63) is 35.9 Å². The van der Waals surface area contributed by atoms with Gasteiger partial charge < -0.3 is 14.8 Å². The van der Waals surface area contributed by atoms with Crippen molar-refractivity contribution in [2.24, 2.45) is 5.92 Å². The molecule has 1 N–H and O–H groups in total. The van der Waals surface area contributed by atoms with E-state index in [1.165, 1.54) is 0 Å². The predicted octanol–water partition coefficient (Wildman–Crippen LogP) is 2.89. The van der Waals surface area contributed by atoms with Gasteiger partial charge >= 0.3 is 12.1 Å². The molecule has 0 aliphatic carbocycles. The fraction of sp³-hybridized carbons (Fsp3) is 0.500. The van der Waals surface area contributed by atoms with Gasteiger partial charge in [0.25, 0.3) is 0 Å². The van der Waals surface area contributed by atoms with Gasteiger partial charge in [-0.2, -0.15) is 0 Å². The lowest BCUT2D eigenvalue weighted by atomic mass is 10.1. The van der Waals surface area contributed by atoms with Crippen LogP contribution < -0.4 is 5.32 Å². The minimum atomic E-state index is -0.695. The molecule has 0 spiro atoms. The first-order valence-electron chi connectivity index (χ1n) is 7.18. The van der Waals surface area contributed by atoms with Crippen molar-refractivity contribution in [2.75, 3.05) is 6.61 Å². The van der Waals surface area contributed by atoms with Gasteiger partial charge in [0.15, 0.2) is 0 Å². The third-order valence-electron chi connectivity index (χ3n) is 2.86. The van der Waals surface area contributed by atoms with E-state index in [0.29, 0.717) is 6.61 Å². The first-order valence-corrected chi connectivity index (χ1v) is 7.18. The van der Waals surface area contributed by atoms with Crippen molar-refractivity contribution < 1.29 is 19.1 Å². The van der Waals surface area contributed by atoms with E-state index in [1.54, 1.807) is 0 Å². The molecule has 1 aromatic rings. The van der Waals surface area contributed by atoms with E-state index in [1.807, 2.05) is 51.1 Å². The Kier molecular flexibility index (Phi) is 7.29. The molecule has 1 atom stereocenters. The zero-order valence-corrected chi connectivity index (χ0v) is 12.8. The van der Waals surface area contributed by atoms with Gasteiger partial charge in [-0.1, -0.05) is 51.1 Å². The Morgan fingerprint density at radius 2 is 1.81 bits per heavy atom. The Labute approximate surface area is 125 Å². The number of carbonyl (C=O) groups is 2. The van der Waals surface area contributed by atoms with Crippen molar-refractivity contribution in [3.63, 3.8) is 0 Å². The van der Waals surface area contributed by atoms with Crippen LogP contribution in [0.3, 0.4) is 0 Å². The number of amides is 1. The second-order valence-electron chi connectivity index (χ2n) is 5.10. The van der Waals surface area contributed by atoms with Gasteiger partial charge in [0.2, 0.25) is 0 Å². The lowest BCUT2D eigenvalue weighted by Crippen LogP contribution is -2.45. The van der Waals surface area contributed by atoms with Gasteiger partial charge in [-0.25, -0.2) is 9.59 Å². The molecular weight excluding hydrogens is 270 g/mol. The molecule has 5 nitrogen and oxygen atoms in total. The molecule has 5 heteroatoms.